The zero-order chi connectivity index (χ0) is 20.7. The summed E-state index contributed by atoms with van der Waals surface area (Å²) in [5.41, 5.74) is 2.73. The third-order valence-electron chi connectivity index (χ3n) is 4.32. The van der Waals surface area contributed by atoms with E-state index in [4.69, 9.17) is 4.74 Å². The highest BCUT2D eigenvalue weighted by atomic mass is 16.5. The Hall–Kier alpha value is -2.82. The molecule has 0 aliphatic carbocycles. The molecule has 2 rings (SSSR count). The fourth-order valence-corrected chi connectivity index (χ4v) is 2.83. The molecule has 0 saturated heterocycles. The first-order valence-electron chi connectivity index (χ1n) is 9.71. The van der Waals surface area contributed by atoms with Gasteiger partial charge in [0.1, 0.15) is 5.75 Å². The molecule has 0 fully saturated rings. The van der Waals surface area contributed by atoms with Gasteiger partial charge in [0.25, 0.3) is 0 Å². The molecule has 2 aromatic carbocycles. The topological polar surface area (TPSA) is 58.6 Å². The number of hydrogen-bond acceptors (Lipinski definition) is 3. The van der Waals surface area contributed by atoms with E-state index >= 15 is 0 Å². The first kappa shape index (κ1) is 21.5. The van der Waals surface area contributed by atoms with Crippen LogP contribution in [0, 0.1) is 0 Å². The molecule has 0 bridgehead atoms. The minimum atomic E-state index is -0.137. The average molecular weight is 383 g/mol. The van der Waals surface area contributed by atoms with Gasteiger partial charge in [0.05, 0.1) is 6.10 Å². The fourth-order valence-electron chi connectivity index (χ4n) is 2.83. The van der Waals surface area contributed by atoms with Gasteiger partial charge >= 0.3 is 0 Å². The van der Waals surface area contributed by atoms with Crippen molar-refractivity contribution in [1.82, 2.24) is 0 Å². The van der Waals surface area contributed by atoms with Crippen molar-refractivity contribution in [3.63, 3.8) is 0 Å². The first-order chi connectivity index (χ1) is 13.3. The molecule has 1 N–H and O–H groups in total. The van der Waals surface area contributed by atoms with Gasteiger partial charge in [-0.3, -0.25) is 9.59 Å². The van der Waals surface area contributed by atoms with Crippen molar-refractivity contribution in [1.29, 1.82) is 0 Å². The summed E-state index contributed by atoms with van der Waals surface area (Å²) in [4.78, 5) is 26.0. The van der Waals surface area contributed by atoms with Crippen molar-refractivity contribution in [3.8, 4) is 5.75 Å². The van der Waals surface area contributed by atoms with E-state index in [1.807, 2.05) is 62.4 Å². The van der Waals surface area contributed by atoms with E-state index in [0.717, 1.165) is 11.4 Å². The van der Waals surface area contributed by atoms with Gasteiger partial charge in [-0.1, -0.05) is 26.0 Å². The van der Waals surface area contributed by atoms with E-state index in [2.05, 4.69) is 19.2 Å². The molecule has 0 aromatic heterocycles. The number of carbonyl (C=O) groups excluding carboxylic acids is 2. The summed E-state index contributed by atoms with van der Waals surface area (Å²) in [6.45, 7) is 10.0. The molecule has 0 atom stereocenters. The summed E-state index contributed by atoms with van der Waals surface area (Å²) in [7, 11) is 0. The van der Waals surface area contributed by atoms with Crippen LogP contribution in [0.25, 0.3) is 0 Å². The average Bonchev–Trinajstić information content (AvgIpc) is 2.63. The number of anilines is 2. The number of nitrogens with zero attached hydrogens (tertiary/aromatic N) is 1. The summed E-state index contributed by atoms with van der Waals surface area (Å²) in [6, 6.07) is 15.2. The molecule has 0 spiro atoms. The predicted molar refractivity (Wildman–Crippen MR) is 114 cm³/mol. The molecule has 0 heterocycles. The van der Waals surface area contributed by atoms with Crippen LogP contribution in [0.3, 0.4) is 0 Å². The number of hydrogen-bond donors (Lipinski definition) is 1. The molecule has 0 aliphatic heterocycles. The normalized spacial score (nSPS) is 10.8. The van der Waals surface area contributed by atoms with Crippen molar-refractivity contribution < 1.29 is 14.3 Å². The van der Waals surface area contributed by atoms with Gasteiger partial charge in [0.15, 0.2) is 0 Å². The lowest BCUT2D eigenvalue weighted by atomic mass is 10.0. The Morgan fingerprint density at radius 2 is 1.57 bits per heavy atom. The number of rotatable bonds is 8. The van der Waals surface area contributed by atoms with Gasteiger partial charge in [0, 0.05) is 31.3 Å². The van der Waals surface area contributed by atoms with E-state index in [9.17, 15) is 9.59 Å². The molecule has 28 heavy (non-hydrogen) atoms. The molecule has 0 radical (unpaired) electrons. The standard InChI is InChI=1S/C23H30N2O3/c1-16(2)19-6-10-21(11-7-19)25(18(5)26)15-14-23(27)24-20-8-12-22(13-9-20)28-17(3)4/h6-13,16-17H,14-15H2,1-5H3,(H,24,27). The van der Waals surface area contributed by atoms with Gasteiger partial charge < -0.3 is 15.0 Å². The van der Waals surface area contributed by atoms with E-state index in [-0.39, 0.29) is 24.3 Å². The van der Waals surface area contributed by atoms with Crippen LogP contribution < -0.4 is 15.0 Å². The van der Waals surface area contributed by atoms with Gasteiger partial charge in [0.2, 0.25) is 11.8 Å². The Morgan fingerprint density at radius 3 is 2.07 bits per heavy atom. The Bertz CT molecular complexity index is 780. The quantitative estimate of drug-likeness (QED) is 0.700. The third-order valence-corrected chi connectivity index (χ3v) is 4.32. The lowest BCUT2D eigenvalue weighted by Gasteiger charge is -2.21. The van der Waals surface area contributed by atoms with E-state index in [1.54, 1.807) is 4.90 Å². The molecule has 0 saturated carbocycles. The molecule has 5 heteroatoms. The van der Waals surface area contributed by atoms with Crippen LogP contribution in [0.1, 0.15) is 52.5 Å². The van der Waals surface area contributed by atoms with Crippen LogP contribution in [0.4, 0.5) is 11.4 Å². The third kappa shape index (κ3) is 6.41. The molecule has 150 valence electrons. The number of amides is 2. The minimum absolute atomic E-state index is 0.0831. The van der Waals surface area contributed by atoms with Crippen molar-refractivity contribution in [2.24, 2.45) is 0 Å². The number of ether oxygens (including phenoxy) is 1. The van der Waals surface area contributed by atoms with E-state index < -0.39 is 0 Å². The number of nitrogens with one attached hydrogen (secondary N) is 1. The predicted octanol–water partition coefficient (Wildman–Crippen LogP) is 4.98. The zero-order valence-corrected chi connectivity index (χ0v) is 17.4. The molecular weight excluding hydrogens is 352 g/mol. The lowest BCUT2D eigenvalue weighted by molar-refractivity contribution is -0.117. The molecule has 2 aromatic rings. The van der Waals surface area contributed by atoms with Crippen LogP contribution >= 0.6 is 0 Å². The van der Waals surface area contributed by atoms with E-state index in [0.29, 0.717) is 18.2 Å². The zero-order valence-electron chi connectivity index (χ0n) is 17.4. The van der Waals surface area contributed by atoms with Crippen LogP contribution in [0.2, 0.25) is 0 Å². The van der Waals surface area contributed by atoms with Crippen LogP contribution in [0.15, 0.2) is 48.5 Å². The molecule has 0 unspecified atom stereocenters. The van der Waals surface area contributed by atoms with Gasteiger partial charge in [-0.2, -0.15) is 0 Å². The monoisotopic (exact) mass is 382 g/mol. The summed E-state index contributed by atoms with van der Waals surface area (Å²) in [5.74, 6) is 0.978. The second-order valence-corrected chi connectivity index (χ2v) is 7.41. The fraction of sp³-hybridized carbons (Fsp3) is 0.391. The van der Waals surface area contributed by atoms with Crippen molar-refractivity contribution in [3.05, 3.63) is 54.1 Å². The maximum Gasteiger partial charge on any atom is 0.226 e. The highest BCUT2D eigenvalue weighted by molar-refractivity contribution is 5.94. The minimum Gasteiger partial charge on any atom is -0.491 e. The number of benzene rings is 2. The Kier molecular flexibility index (Phi) is 7.61. The second kappa shape index (κ2) is 9.93. The SMILES string of the molecule is CC(=O)N(CCC(=O)Nc1ccc(OC(C)C)cc1)c1ccc(C(C)C)cc1. The van der Waals surface area contributed by atoms with Gasteiger partial charge in [-0.15, -0.1) is 0 Å². The lowest BCUT2D eigenvalue weighted by Crippen LogP contribution is -2.31. The van der Waals surface area contributed by atoms with Crippen LogP contribution in [0.5, 0.6) is 5.75 Å². The first-order valence-corrected chi connectivity index (χ1v) is 9.71. The van der Waals surface area contributed by atoms with Gasteiger partial charge in [-0.25, -0.2) is 0 Å². The summed E-state index contributed by atoms with van der Waals surface area (Å²) in [6.07, 6.45) is 0.322. The molecular formula is C23H30N2O3. The summed E-state index contributed by atoms with van der Waals surface area (Å²) < 4.78 is 5.59. The largest absolute Gasteiger partial charge is 0.491 e. The Morgan fingerprint density at radius 1 is 0.964 bits per heavy atom. The summed E-state index contributed by atoms with van der Waals surface area (Å²) in [5, 5.41) is 2.86. The van der Waals surface area contributed by atoms with Crippen LogP contribution in [-0.4, -0.2) is 24.5 Å². The highest BCUT2D eigenvalue weighted by Crippen LogP contribution is 2.21. The maximum atomic E-state index is 12.3. The number of carbonyl (C=O) groups is 2. The summed E-state index contributed by atoms with van der Waals surface area (Å²) >= 11 is 0. The van der Waals surface area contributed by atoms with Crippen LogP contribution in [-0.2, 0) is 9.59 Å². The van der Waals surface area contributed by atoms with Crippen molar-refractivity contribution in [2.75, 3.05) is 16.8 Å². The molecule has 2 amide bonds. The Labute approximate surface area is 167 Å². The highest BCUT2D eigenvalue weighted by Gasteiger charge is 2.14. The molecule has 5 nitrogen and oxygen atoms in total. The molecule has 0 aliphatic rings. The van der Waals surface area contributed by atoms with Crippen molar-refractivity contribution in [2.45, 2.75) is 53.1 Å². The smallest absolute Gasteiger partial charge is 0.226 e. The van der Waals surface area contributed by atoms with E-state index in [1.165, 1.54) is 12.5 Å². The maximum absolute atomic E-state index is 12.3. The van der Waals surface area contributed by atoms with Gasteiger partial charge in [-0.05, 0) is 61.7 Å². The Balaban J connectivity index is 1.94. The van der Waals surface area contributed by atoms with Crippen molar-refractivity contribution >= 4 is 23.2 Å². The second-order valence-electron chi connectivity index (χ2n) is 7.41.